The summed E-state index contributed by atoms with van der Waals surface area (Å²) >= 11 is 1.96. The third-order valence-electron chi connectivity index (χ3n) is 2.84. The van der Waals surface area contributed by atoms with Crippen LogP contribution in [0.3, 0.4) is 0 Å². The van der Waals surface area contributed by atoms with Gasteiger partial charge in [-0.2, -0.15) is 31.8 Å². The second kappa shape index (κ2) is 5.43. The first kappa shape index (κ1) is 12.2. The summed E-state index contributed by atoms with van der Waals surface area (Å²) in [6.45, 7) is 1.94. The molecule has 100 valence electrons. The zero-order valence-electron chi connectivity index (χ0n) is 10.7. The van der Waals surface area contributed by atoms with Gasteiger partial charge in [-0.3, -0.25) is 0 Å². The molecule has 1 aliphatic heterocycles. The molecule has 2 aromatic heterocycles. The number of rotatable bonds is 3. The van der Waals surface area contributed by atoms with Crippen LogP contribution in [0.2, 0.25) is 0 Å². The predicted octanol–water partition coefficient (Wildman–Crippen LogP) is 0.652. The molecule has 1 N–H and O–H groups in total. The Kier molecular flexibility index (Phi) is 3.49. The summed E-state index contributed by atoms with van der Waals surface area (Å²) < 4.78 is 1.64. The van der Waals surface area contributed by atoms with Gasteiger partial charge < -0.3 is 10.2 Å². The number of aromatic nitrogens is 5. The van der Waals surface area contributed by atoms with Gasteiger partial charge in [0.2, 0.25) is 11.9 Å². The molecule has 7 nitrogen and oxygen atoms in total. The summed E-state index contributed by atoms with van der Waals surface area (Å²) in [7, 11) is 1.80. The van der Waals surface area contributed by atoms with Crippen LogP contribution in [0.15, 0.2) is 18.5 Å². The van der Waals surface area contributed by atoms with Crippen LogP contribution in [-0.4, -0.2) is 56.4 Å². The lowest BCUT2D eigenvalue weighted by molar-refractivity contribution is 0.761. The Labute approximate surface area is 115 Å². The van der Waals surface area contributed by atoms with E-state index in [4.69, 9.17) is 0 Å². The van der Waals surface area contributed by atoms with Gasteiger partial charge in [0.05, 0.1) is 0 Å². The molecule has 2 aromatic rings. The van der Waals surface area contributed by atoms with Gasteiger partial charge in [0.15, 0.2) is 0 Å². The second-order valence-corrected chi connectivity index (χ2v) is 5.28. The van der Waals surface area contributed by atoms with E-state index in [1.807, 2.05) is 24.0 Å². The fraction of sp³-hybridized carbons (Fsp3) is 0.455. The highest BCUT2D eigenvalue weighted by molar-refractivity contribution is 7.99. The molecular weight excluding hydrogens is 262 g/mol. The molecule has 1 aliphatic rings. The highest BCUT2D eigenvalue weighted by atomic mass is 32.2. The maximum Gasteiger partial charge on any atom is 0.257 e. The monoisotopic (exact) mass is 277 g/mol. The molecular formula is C11H15N7S. The number of nitrogens with one attached hydrogen (secondary N) is 1. The highest BCUT2D eigenvalue weighted by Gasteiger charge is 2.16. The molecule has 8 heteroatoms. The molecule has 19 heavy (non-hydrogen) atoms. The number of thioether (sulfide) groups is 1. The molecule has 0 unspecified atom stereocenters. The minimum Gasteiger partial charge on any atom is -0.357 e. The predicted molar refractivity (Wildman–Crippen MR) is 76.0 cm³/mol. The van der Waals surface area contributed by atoms with Crippen molar-refractivity contribution < 1.29 is 0 Å². The summed E-state index contributed by atoms with van der Waals surface area (Å²) in [5, 5.41) is 7.14. The lowest BCUT2D eigenvalue weighted by atomic mass is 10.5. The van der Waals surface area contributed by atoms with Crippen LogP contribution in [0.5, 0.6) is 0 Å². The Morgan fingerprint density at radius 2 is 1.95 bits per heavy atom. The van der Waals surface area contributed by atoms with Crippen molar-refractivity contribution in [3.05, 3.63) is 18.5 Å². The van der Waals surface area contributed by atoms with Crippen LogP contribution >= 0.6 is 11.8 Å². The van der Waals surface area contributed by atoms with Crippen molar-refractivity contribution in [3.63, 3.8) is 0 Å². The van der Waals surface area contributed by atoms with E-state index in [0.29, 0.717) is 17.8 Å². The second-order valence-electron chi connectivity index (χ2n) is 4.06. The standard InChI is InChI=1S/C11H15N7S/c1-12-9-14-10(17-5-7-19-8-6-17)16-11(15-9)18-4-2-3-13-18/h2-4H,5-8H2,1H3,(H,12,14,15,16). The molecule has 3 heterocycles. The zero-order valence-corrected chi connectivity index (χ0v) is 11.5. The molecule has 0 aliphatic carbocycles. The van der Waals surface area contributed by atoms with Crippen molar-refractivity contribution in [2.24, 2.45) is 0 Å². The molecule has 0 radical (unpaired) electrons. The third-order valence-corrected chi connectivity index (χ3v) is 3.78. The topological polar surface area (TPSA) is 71.8 Å². The van der Waals surface area contributed by atoms with E-state index in [-0.39, 0.29) is 0 Å². The van der Waals surface area contributed by atoms with Crippen LogP contribution < -0.4 is 10.2 Å². The van der Waals surface area contributed by atoms with Crippen molar-refractivity contribution in [2.45, 2.75) is 0 Å². The summed E-state index contributed by atoms with van der Waals surface area (Å²) in [5.74, 6) is 4.03. The van der Waals surface area contributed by atoms with Crippen molar-refractivity contribution in [2.75, 3.05) is 41.9 Å². The van der Waals surface area contributed by atoms with Gasteiger partial charge in [0, 0.05) is 44.0 Å². The van der Waals surface area contributed by atoms with Crippen molar-refractivity contribution in [3.8, 4) is 5.95 Å². The first-order valence-corrected chi connectivity index (χ1v) is 7.29. The molecule has 0 amide bonds. The first-order valence-electron chi connectivity index (χ1n) is 6.13. The lowest BCUT2D eigenvalue weighted by Gasteiger charge is -2.26. The number of nitrogens with zero attached hydrogens (tertiary/aromatic N) is 6. The highest BCUT2D eigenvalue weighted by Crippen LogP contribution is 2.17. The fourth-order valence-corrected chi connectivity index (χ4v) is 2.76. The van der Waals surface area contributed by atoms with E-state index in [1.165, 1.54) is 0 Å². The first-order chi connectivity index (χ1) is 9.36. The molecule has 0 spiro atoms. The van der Waals surface area contributed by atoms with E-state index in [1.54, 1.807) is 17.9 Å². The maximum absolute atomic E-state index is 4.50. The van der Waals surface area contributed by atoms with Gasteiger partial charge in [0.25, 0.3) is 5.95 Å². The minimum atomic E-state index is 0.539. The third kappa shape index (κ3) is 2.62. The number of hydrogen-bond acceptors (Lipinski definition) is 7. The Balaban J connectivity index is 1.97. The Morgan fingerprint density at radius 1 is 1.16 bits per heavy atom. The maximum atomic E-state index is 4.50. The molecule has 1 saturated heterocycles. The van der Waals surface area contributed by atoms with Gasteiger partial charge >= 0.3 is 0 Å². The molecule has 1 fully saturated rings. The van der Waals surface area contributed by atoms with Crippen molar-refractivity contribution >= 4 is 23.7 Å². The van der Waals surface area contributed by atoms with Gasteiger partial charge in [-0.25, -0.2) is 4.68 Å². The van der Waals surface area contributed by atoms with Gasteiger partial charge in [-0.05, 0) is 6.07 Å². The van der Waals surface area contributed by atoms with Crippen molar-refractivity contribution in [1.29, 1.82) is 0 Å². The van der Waals surface area contributed by atoms with E-state index in [0.717, 1.165) is 24.6 Å². The largest absolute Gasteiger partial charge is 0.357 e. The van der Waals surface area contributed by atoms with Gasteiger partial charge in [0.1, 0.15) is 0 Å². The zero-order chi connectivity index (χ0) is 13.1. The Hall–Kier alpha value is -1.83. The fourth-order valence-electron chi connectivity index (χ4n) is 1.86. The van der Waals surface area contributed by atoms with E-state index in [9.17, 15) is 0 Å². The van der Waals surface area contributed by atoms with Gasteiger partial charge in [-0.15, -0.1) is 0 Å². The minimum absolute atomic E-state index is 0.539. The van der Waals surface area contributed by atoms with Gasteiger partial charge in [-0.1, -0.05) is 0 Å². The van der Waals surface area contributed by atoms with Crippen LogP contribution in [0.1, 0.15) is 0 Å². The number of hydrogen-bond donors (Lipinski definition) is 1. The van der Waals surface area contributed by atoms with Crippen molar-refractivity contribution in [1.82, 2.24) is 24.7 Å². The van der Waals surface area contributed by atoms with Crippen LogP contribution in [-0.2, 0) is 0 Å². The molecule has 0 bridgehead atoms. The quantitative estimate of drug-likeness (QED) is 0.883. The molecule has 0 aromatic carbocycles. The number of anilines is 2. The normalized spacial score (nSPS) is 15.5. The van der Waals surface area contributed by atoms with Crippen LogP contribution in [0.25, 0.3) is 5.95 Å². The molecule has 0 saturated carbocycles. The SMILES string of the molecule is CNc1nc(N2CCSCC2)nc(-n2cccn2)n1. The summed E-state index contributed by atoms with van der Waals surface area (Å²) in [6.07, 6.45) is 3.53. The lowest BCUT2D eigenvalue weighted by Crippen LogP contribution is -2.34. The summed E-state index contributed by atoms with van der Waals surface area (Å²) in [6, 6.07) is 1.85. The van der Waals surface area contributed by atoms with E-state index in [2.05, 4.69) is 30.3 Å². The average molecular weight is 277 g/mol. The van der Waals surface area contributed by atoms with E-state index < -0.39 is 0 Å². The molecule has 3 rings (SSSR count). The Morgan fingerprint density at radius 3 is 2.63 bits per heavy atom. The smallest absolute Gasteiger partial charge is 0.257 e. The summed E-state index contributed by atoms with van der Waals surface area (Å²) in [4.78, 5) is 15.4. The average Bonchev–Trinajstić information content (AvgIpc) is 3.02. The van der Waals surface area contributed by atoms with E-state index >= 15 is 0 Å². The van der Waals surface area contributed by atoms with Crippen LogP contribution in [0, 0.1) is 0 Å². The Bertz CT molecular complexity index is 536. The van der Waals surface area contributed by atoms with Crippen LogP contribution in [0.4, 0.5) is 11.9 Å². The molecule has 0 atom stereocenters. The summed E-state index contributed by atoms with van der Waals surface area (Å²) in [5.41, 5.74) is 0.